The Morgan fingerprint density at radius 2 is 1.20 bits per heavy atom. The van der Waals surface area contributed by atoms with Crippen LogP contribution < -0.4 is 28.2 Å². The molecule has 6 aromatic heterocycles. The molecule has 0 radical (unpaired) electrons. The third kappa shape index (κ3) is 6.50. The molecule has 0 aliphatic heterocycles. The third-order valence-corrected chi connectivity index (χ3v) is 6.99. The number of nitrogens with one attached hydrogen (secondary N) is 3. The molecular weight excluding hydrogens is 582 g/mol. The molecule has 1 fully saturated rings. The number of aryl methyl sites for hydroxylation is 2. The number of H-pyrrole nitrogens is 2. The van der Waals surface area contributed by atoms with Crippen LogP contribution in [-0.2, 0) is 26.2 Å². The molecule has 232 valence electrons. The Morgan fingerprint density at radius 1 is 0.756 bits per heavy atom. The zero-order valence-electron chi connectivity index (χ0n) is 24.5. The van der Waals surface area contributed by atoms with Crippen LogP contribution in [0.5, 0.6) is 0 Å². The van der Waals surface area contributed by atoms with E-state index in [4.69, 9.17) is 16.6 Å². The van der Waals surface area contributed by atoms with Gasteiger partial charge in [-0.2, -0.15) is 0 Å². The highest BCUT2D eigenvalue weighted by molar-refractivity contribution is 5.82. The van der Waals surface area contributed by atoms with Crippen molar-refractivity contribution in [3.63, 3.8) is 0 Å². The molecule has 0 aromatic carbocycles. The average molecular weight is 614 g/mol. The fourth-order valence-electron chi connectivity index (χ4n) is 4.58. The normalized spacial score (nSPS) is 12.9. The second kappa shape index (κ2) is 12.2. The topological polar surface area (TPSA) is 263 Å². The number of nitrogens with zero attached hydrogens (tertiary/aromatic N) is 10. The van der Waals surface area contributed by atoms with Gasteiger partial charge in [-0.25, -0.2) is 29.5 Å². The number of aromatic amines is 2. The SMILES string of the molecule is Cc1nc(N)c2[nH]c(=O)n(Cc3cnc(CNC4CC4)cn3)c2n1.Cc1nc(N)c2[nH]c(=O)n(Cc3cnc(CO)cn3)c2n1. The number of fused-ring (bicyclic) bond motifs is 2. The number of imidazole rings is 2. The summed E-state index contributed by atoms with van der Waals surface area (Å²) in [5.74, 6) is 1.49. The molecule has 7 rings (SSSR count). The Morgan fingerprint density at radius 3 is 1.62 bits per heavy atom. The van der Waals surface area contributed by atoms with Crippen molar-refractivity contribution in [3.05, 3.63) is 80.2 Å². The number of rotatable bonds is 8. The van der Waals surface area contributed by atoms with Crippen molar-refractivity contribution in [2.45, 2.75) is 59.0 Å². The van der Waals surface area contributed by atoms with E-state index < -0.39 is 0 Å². The van der Waals surface area contributed by atoms with Crippen LogP contribution in [0.1, 0.15) is 47.3 Å². The van der Waals surface area contributed by atoms with E-state index in [1.54, 1.807) is 26.2 Å². The van der Waals surface area contributed by atoms with E-state index in [9.17, 15) is 9.59 Å². The van der Waals surface area contributed by atoms with E-state index in [0.29, 0.717) is 63.6 Å². The van der Waals surface area contributed by atoms with Crippen molar-refractivity contribution < 1.29 is 5.11 Å². The highest BCUT2D eigenvalue weighted by Crippen LogP contribution is 2.19. The summed E-state index contributed by atoms with van der Waals surface area (Å²) in [5, 5.41) is 12.3. The Kier molecular flexibility index (Phi) is 7.97. The first-order chi connectivity index (χ1) is 21.7. The van der Waals surface area contributed by atoms with Gasteiger partial charge in [-0.05, 0) is 26.7 Å². The molecule has 8 N–H and O–H groups in total. The van der Waals surface area contributed by atoms with Crippen molar-refractivity contribution in [1.82, 2.24) is 64.3 Å². The van der Waals surface area contributed by atoms with Gasteiger partial charge in [-0.15, -0.1) is 0 Å². The van der Waals surface area contributed by atoms with Crippen molar-refractivity contribution in [3.8, 4) is 0 Å². The molecule has 0 atom stereocenters. The Bertz CT molecular complexity index is 2090. The molecule has 1 saturated carbocycles. The zero-order valence-corrected chi connectivity index (χ0v) is 24.5. The van der Waals surface area contributed by atoms with E-state index in [2.05, 4.69) is 55.2 Å². The van der Waals surface area contributed by atoms with Gasteiger partial charge < -0.3 is 31.9 Å². The summed E-state index contributed by atoms with van der Waals surface area (Å²) in [4.78, 5) is 63.1. The lowest BCUT2D eigenvalue weighted by molar-refractivity contribution is 0.276. The smallest absolute Gasteiger partial charge is 0.328 e. The number of aliphatic hydroxyl groups is 1. The molecular formula is C27H31N15O3. The van der Waals surface area contributed by atoms with Crippen LogP contribution in [-0.4, -0.2) is 70.1 Å². The van der Waals surface area contributed by atoms with Crippen LogP contribution >= 0.6 is 0 Å². The maximum atomic E-state index is 12.2. The molecule has 1 aliphatic rings. The molecule has 1 aliphatic carbocycles. The van der Waals surface area contributed by atoms with E-state index in [1.807, 2.05) is 0 Å². The highest BCUT2D eigenvalue weighted by Gasteiger charge is 2.20. The summed E-state index contributed by atoms with van der Waals surface area (Å²) >= 11 is 0. The molecule has 18 nitrogen and oxygen atoms in total. The number of anilines is 2. The molecule has 0 amide bonds. The van der Waals surface area contributed by atoms with E-state index >= 15 is 0 Å². The van der Waals surface area contributed by atoms with Gasteiger partial charge in [0.2, 0.25) is 0 Å². The Hall–Kier alpha value is -5.62. The van der Waals surface area contributed by atoms with Crippen LogP contribution in [0.25, 0.3) is 22.3 Å². The monoisotopic (exact) mass is 613 g/mol. The number of aliphatic hydroxyl groups excluding tert-OH is 1. The standard InChI is InChI=1S/C15H18N8O.C12H13N7O2/c1-8-20-13(16)12-14(21-8)23(15(24)22-12)7-11-6-18-10(5-19-11)4-17-9-2-3-9;1-6-16-10(13)9-11(17-6)19(12(21)18-9)4-7-2-15-8(5-20)3-14-7/h5-6,9,17H,2-4,7H2,1H3,(H,22,24)(H2,16,20,21);2-3,20H,4-5H2,1H3,(H,18,21)(H2,13,16,17). The van der Waals surface area contributed by atoms with Crippen molar-refractivity contribution in [1.29, 1.82) is 0 Å². The summed E-state index contributed by atoms with van der Waals surface area (Å²) in [7, 11) is 0. The summed E-state index contributed by atoms with van der Waals surface area (Å²) < 4.78 is 2.91. The van der Waals surface area contributed by atoms with Crippen LogP contribution in [0, 0.1) is 13.8 Å². The number of hydrogen-bond acceptors (Lipinski definition) is 14. The minimum atomic E-state index is -0.343. The number of hydrogen-bond donors (Lipinski definition) is 6. The first-order valence-corrected chi connectivity index (χ1v) is 14.1. The van der Waals surface area contributed by atoms with Gasteiger partial charge in [0.15, 0.2) is 22.9 Å². The first-order valence-electron chi connectivity index (χ1n) is 14.1. The molecule has 6 aromatic rings. The molecule has 18 heteroatoms. The van der Waals surface area contributed by atoms with E-state index in [1.165, 1.54) is 34.4 Å². The van der Waals surface area contributed by atoms with E-state index in [-0.39, 0.29) is 42.7 Å². The predicted molar refractivity (Wildman–Crippen MR) is 163 cm³/mol. The second-order valence-corrected chi connectivity index (χ2v) is 10.6. The summed E-state index contributed by atoms with van der Waals surface area (Å²) in [5.41, 5.74) is 15.4. The fraction of sp³-hybridized carbons (Fsp3) is 0.333. The summed E-state index contributed by atoms with van der Waals surface area (Å²) in [6.07, 6.45) is 8.86. The maximum Gasteiger partial charge on any atom is 0.328 e. The lowest BCUT2D eigenvalue weighted by atomic mass is 10.4. The Labute approximate surface area is 254 Å². The minimum absolute atomic E-state index is 0.177. The number of nitrogens with two attached hydrogens (primary N) is 2. The Balaban J connectivity index is 0.000000160. The number of nitrogen functional groups attached to an aromatic ring is 2. The molecule has 0 spiro atoms. The molecule has 45 heavy (non-hydrogen) atoms. The first kappa shape index (κ1) is 29.5. The van der Waals surface area contributed by atoms with Crippen LogP contribution in [0.4, 0.5) is 11.6 Å². The molecule has 6 heterocycles. The summed E-state index contributed by atoms with van der Waals surface area (Å²) in [6.45, 7) is 4.45. The van der Waals surface area contributed by atoms with Gasteiger partial charge in [0, 0.05) is 12.6 Å². The van der Waals surface area contributed by atoms with Crippen LogP contribution in [0.3, 0.4) is 0 Å². The predicted octanol–water partition coefficient (Wildman–Crippen LogP) is -0.559. The number of aromatic nitrogens is 12. The third-order valence-electron chi connectivity index (χ3n) is 6.99. The van der Waals surface area contributed by atoms with Crippen molar-refractivity contribution in [2.75, 3.05) is 11.5 Å². The highest BCUT2D eigenvalue weighted by atomic mass is 16.3. The molecule has 0 saturated heterocycles. The lowest BCUT2D eigenvalue weighted by Crippen LogP contribution is -2.19. The van der Waals surface area contributed by atoms with Crippen molar-refractivity contribution in [2.24, 2.45) is 0 Å². The van der Waals surface area contributed by atoms with Gasteiger partial charge in [-0.1, -0.05) is 0 Å². The molecule has 0 bridgehead atoms. The van der Waals surface area contributed by atoms with Gasteiger partial charge >= 0.3 is 11.4 Å². The zero-order chi connectivity index (χ0) is 31.7. The van der Waals surface area contributed by atoms with Crippen LogP contribution in [0.15, 0.2) is 34.4 Å². The van der Waals surface area contributed by atoms with Crippen LogP contribution in [0.2, 0.25) is 0 Å². The van der Waals surface area contributed by atoms with Gasteiger partial charge in [0.05, 0.1) is 67.3 Å². The summed E-state index contributed by atoms with van der Waals surface area (Å²) in [6, 6.07) is 0.629. The van der Waals surface area contributed by atoms with Crippen molar-refractivity contribution >= 4 is 34.0 Å². The van der Waals surface area contributed by atoms with E-state index in [0.717, 1.165) is 5.69 Å². The van der Waals surface area contributed by atoms with Gasteiger partial charge in [0.1, 0.15) is 22.7 Å². The quantitative estimate of drug-likeness (QED) is 0.126. The van der Waals surface area contributed by atoms with Gasteiger partial charge in [0.25, 0.3) is 0 Å². The molecule has 0 unspecified atom stereocenters. The maximum absolute atomic E-state index is 12.2. The lowest BCUT2D eigenvalue weighted by Gasteiger charge is -2.05. The second-order valence-electron chi connectivity index (χ2n) is 10.6. The largest absolute Gasteiger partial charge is 0.390 e. The average Bonchev–Trinajstić information content (AvgIpc) is 3.73. The van der Waals surface area contributed by atoms with Gasteiger partial charge in [-0.3, -0.25) is 29.1 Å². The minimum Gasteiger partial charge on any atom is -0.390 e. The fourth-order valence-corrected chi connectivity index (χ4v) is 4.58.